The van der Waals surface area contributed by atoms with Gasteiger partial charge in [-0.05, 0) is 25.3 Å². The third-order valence-electron chi connectivity index (χ3n) is 3.21. The van der Waals surface area contributed by atoms with Gasteiger partial charge in [-0.25, -0.2) is 0 Å². The summed E-state index contributed by atoms with van der Waals surface area (Å²) < 4.78 is 0. The van der Waals surface area contributed by atoms with Gasteiger partial charge in [0.05, 0.1) is 0 Å². The van der Waals surface area contributed by atoms with Crippen molar-refractivity contribution in [2.24, 2.45) is 0 Å². The Balaban J connectivity index is 1.95. The van der Waals surface area contributed by atoms with Crippen LogP contribution in [0.2, 0.25) is 0 Å². The lowest BCUT2D eigenvalue weighted by molar-refractivity contribution is 0.207. The number of hydrogen-bond acceptors (Lipinski definition) is 2. The molecule has 1 fully saturated rings. The van der Waals surface area contributed by atoms with Crippen molar-refractivity contribution < 1.29 is 0 Å². The van der Waals surface area contributed by atoms with Gasteiger partial charge in [0, 0.05) is 32.2 Å². The minimum Gasteiger partial charge on any atom is -0.314 e. The van der Waals surface area contributed by atoms with E-state index in [4.69, 9.17) is 0 Å². The Labute approximate surface area is 86.7 Å². The number of piperazine rings is 1. The fourth-order valence-corrected chi connectivity index (χ4v) is 2.22. The summed E-state index contributed by atoms with van der Waals surface area (Å²) in [5.41, 5.74) is 1.51. The molecule has 0 radical (unpaired) electrons. The zero-order chi connectivity index (χ0) is 9.80. The van der Waals surface area contributed by atoms with E-state index in [-0.39, 0.29) is 0 Å². The van der Waals surface area contributed by atoms with Crippen LogP contribution < -0.4 is 5.32 Å². The zero-order valence-corrected chi connectivity index (χ0v) is 9.00. The Kier molecular flexibility index (Phi) is 3.38. The molecule has 1 N–H and O–H groups in total. The van der Waals surface area contributed by atoms with Gasteiger partial charge in [-0.3, -0.25) is 4.90 Å². The predicted molar refractivity (Wildman–Crippen MR) is 60.4 cm³/mol. The minimum atomic E-state index is 0.605. The van der Waals surface area contributed by atoms with Gasteiger partial charge < -0.3 is 5.32 Å². The van der Waals surface area contributed by atoms with E-state index in [1.807, 2.05) is 0 Å². The second-order valence-electron chi connectivity index (χ2n) is 4.15. The molecule has 0 aromatic carbocycles. The molecule has 0 aromatic heterocycles. The van der Waals surface area contributed by atoms with Gasteiger partial charge in [-0.15, -0.1) is 0 Å². The fraction of sp³-hybridized carbons (Fsp3) is 0.667. The second kappa shape index (κ2) is 4.76. The fourth-order valence-electron chi connectivity index (χ4n) is 2.22. The highest BCUT2D eigenvalue weighted by molar-refractivity contribution is 5.27. The molecule has 0 aromatic rings. The van der Waals surface area contributed by atoms with Crippen molar-refractivity contribution in [3.63, 3.8) is 0 Å². The topological polar surface area (TPSA) is 15.3 Å². The van der Waals surface area contributed by atoms with Gasteiger partial charge in [0.2, 0.25) is 0 Å². The Morgan fingerprint density at radius 2 is 2.07 bits per heavy atom. The summed E-state index contributed by atoms with van der Waals surface area (Å²) in [4.78, 5) is 2.57. The minimum absolute atomic E-state index is 0.605. The van der Waals surface area contributed by atoms with Crippen molar-refractivity contribution in [2.45, 2.75) is 25.8 Å². The molecule has 1 atom stereocenters. The van der Waals surface area contributed by atoms with Crippen molar-refractivity contribution >= 4 is 0 Å². The van der Waals surface area contributed by atoms with Crippen LogP contribution in [0.5, 0.6) is 0 Å². The SMILES string of the molecule is C[C@@H](C1=CCCC=C1)N1CCNCC1. The van der Waals surface area contributed by atoms with Crippen LogP contribution in [0.3, 0.4) is 0 Å². The molecule has 0 bridgehead atoms. The van der Waals surface area contributed by atoms with Crippen molar-refractivity contribution in [1.82, 2.24) is 10.2 Å². The Morgan fingerprint density at radius 1 is 1.29 bits per heavy atom. The van der Waals surface area contributed by atoms with Crippen LogP contribution in [0, 0.1) is 0 Å². The molecule has 78 valence electrons. The number of allylic oxidation sites excluding steroid dienone is 2. The molecule has 1 saturated heterocycles. The average molecular weight is 192 g/mol. The second-order valence-corrected chi connectivity index (χ2v) is 4.15. The van der Waals surface area contributed by atoms with E-state index in [1.165, 1.54) is 31.5 Å². The molecule has 0 unspecified atom stereocenters. The summed E-state index contributed by atoms with van der Waals surface area (Å²) >= 11 is 0. The quantitative estimate of drug-likeness (QED) is 0.714. The van der Waals surface area contributed by atoms with E-state index < -0.39 is 0 Å². The van der Waals surface area contributed by atoms with Crippen molar-refractivity contribution in [2.75, 3.05) is 26.2 Å². The predicted octanol–water partition coefficient (Wildman–Crippen LogP) is 1.56. The van der Waals surface area contributed by atoms with Gasteiger partial charge in [-0.2, -0.15) is 0 Å². The summed E-state index contributed by atoms with van der Waals surface area (Å²) in [6.45, 7) is 6.98. The summed E-state index contributed by atoms with van der Waals surface area (Å²) in [6, 6.07) is 0.605. The first kappa shape index (κ1) is 9.94. The van der Waals surface area contributed by atoms with Crippen molar-refractivity contribution in [3.05, 3.63) is 23.8 Å². The first-order valence-electron chi connectivity index (χ1n) is 5.69. The molecule has 14 heavy (non-hydrogen) atoms. The Hall–Kier alpha value is -0.600. The molecule has 0 saturated carbocycles. The largest absolute Gasteiger partial charge is 0.314 e. The smallest absolute Gasteiger partial charge is 0.0317 e. The zero-order valence-electron chi connectivity index (χ0n) is 9.00. The van der Waals surface area contributed by atoms with Gasteiger partial charge in [0.15, 0.2) is 0 Å². The molecule has 1 aliphatic heterocycles. The van der Waals surface area contributed by atoms with E-state index >= 15 is 0 Å². The van der Waals surface area contributed by atoms with Gasteiger partial charge >= 0.3 is 0 Å². The molecular formula is C12H20N2. The molecular weight excluding hydrogens is 172 g/mol. The van der Waals surface area contributed by atoms with Crippen LogP contribution in [0.15, 0.2) is 23.8 Å². The average Bonchev–Trinajstić information content (AvgIpc) is 2.30. The van der Waals surface area contributed by atoms with Crippen LogP contribution in [-0.4, -0.2) is 37.1 Å². The van der Waals surface area contributed by atoms with Gasteiger partial charge in [0.25, 0.3) is 0 Å². The lowest BCUT2D eigenvalue weighted by atomic mass is 10.00. The van der Waals surface area contributed by atoms with Crippen LogP contribution in [0.25, 0.3) is 0 Å². The van der Waals surface area contributed by atoms with E-state index in [9.17, 15) is 0 Å². The number of nitrogens with zero attached hydrogens (tertiary/aromatic N) is 1. The van der Waals surface area contributed by atoms with E-state index in [1.54, 1.807) is 0 Å². The monoisotopic (exact) mass is 192 g/mol. The third-order valence-corrected chi connectivity index (χ3v) is 3.21. The van der Waals surface area contributed by atoms with Gasteiger partial charge in [-0.1, -0.05) is 18.2 Å². The Morgan fingerprint density at radius 3 is 2.71 bits per heavy atom. The lowest BCUT2D eigenvalue weighted by Gasteiger charge is -2.34. The molecule has 0 amide bonds. The van der Waals surface area contributed by atoms with E-state index in [0.717, 1.165) is 13.1 Å². The maximum Gasteiger partial charge on any atom is 0.0317 e. The number of hydrogen-bond donors (Lipinski definition) is 1. The van der Waals surface area contributed by atoms with Gasteiger partial charge in [0.1, 0.15) is 0 Å². The van der Waals surface area contributed by atoms with Crippen molar-refractivity contribution in [1.29, 1.82) is 0 Å². The summed E-state index contributed by atoms with van der Waals surface area (Å²) in [5.74, 6) is 0. The van der Waals surface area contributed by atoms with E-state index in [0.29, 0.717) is 6.04 Å². The Bertz CT molecular complexity index is 237. The van der Waals surface area contributed by atoms with Crippen LogP contribution >= 0.6 is 0 Å². The molecule has 1 aliphatic carbocycles. The molecule has 2 aliphatic rings. The van der Waals surface area contributed by atoms with Crippen LogP contribution in [0.1, 0.15) is 19.8 Å². The third kappa shape index (κ3) is 2.25. The first-order valence-corrected chi connectivity index (χ1v) is 5.69. The normalized spacial score (nSPS) is 25.9. The maximum atomic E-state index is 3.39. The summed E-state index contributed by atoms with van der Waals surface area (Å²) in [5, 5.41) is 3.39. The molecule has 2 heteroatoms. The van der Waals surface area contributed by atoms with Crippen molar-refractivity contribution in [3.8, 4) is 0 Å². The molecule has 1 heterocycles. The van der Waals surface area contributed by atoms with Crippen LogP contribution in [-0.2, 0) is 0 Å². The van der Waals surface area contributed by atoms with E-state index in [2.05, 4.69) is 35.4 Å². The highest BCUT2D eigenvalue weighted by Gasteiger charge is 2.18. The highest BCUT2D eigenvalue weighted by Crippen LogP contribution is 2.17. The molecule has 2 rings (SSSR count). The summed E-state index contributed by atoms with van der Waals surface area (Å²) in [7, 11) is 0. The standard InChI is InChI=1S/C12H20N2/c1-11(12-5-3-2-4-6-12)14-9-7-13-8-10-14/h3,5-6,11,13H,2,4,7-10H2,1H3/t11-/m0/s1. The molecule has 0 spiro atoms. The lowest BCUT2D eigenvalue weighted by Crippen LogP contribution is -2.47. The van der Waals surface area contributed by atoms with Crippen LogP contribution in [0.4, 0.5) is 0 Å². The highest BCUT2D eigenvalue weighted by atomic mass is 15.2. The number of rotatable bonds is 2. The summed E-state index contributed by atoms with van der Waals surface area (Å²) in [6.07, 6.45) is 9.44. The molecule has 2 nitrogen and oxygen atoms in total. The number of nitrogens with one attached hydrogen (secondary N) is 1. The first-order chi connectivity index (χ1) is 6.88. The maximum absolute atomic E-state index is 3.39.